The first kappa shape index (κ1) is 14.1. The number of carbonyl (C=O) groups is 2. The first-order chi connectivity index (χ1) is 8.32. The molecule has 2 N–H and O–H groups in total. The van der Waals surface area contributed by atoms with Gasteiger partial charge in [-0.2, -0.15) is 0 Å². The van der Waals surface area contributed by atoms with Gasteiger partial charge in [-0.25, -0.2) is 13.6 Å². The van der Waals surface area contributed by atoms with Gasteiger partial charge < -0.3 is 10.4 Å². The molecule has 6 heteroatoms. The number of carboxylic acids is 1. The zero-order chi connectivity index (χ0) is 13.9. The van der Waals surface area contributed by atoms with Crippen LogP contribution in [0.2, 0.25) is 0 Å². The molecule has 0 unspecified atom stereocenters. The highest BCUT2D eigenvalue weighted by Crippen LogP contribution is 2.11. The summed E-state index contributed by atoms with van der Waals surface area (Å²) in [5.41, 5.74) is -0.386. The quantitative estimate of drug-likeness (QED) is 0.864. The molecule has 18 heavy (non-hydrogen) atoms. The molecular formula is C12H13F2NO3. The lowest BCUT2D eigenvalue weighted by molar-refractivity contribution is -0.140. The smallest absolute Gasteiger partial charge is 0.326 e. The number of hydrogen-bond acceptors (Lipinski definition) is 2. The molecule has 0 bridgehead atoms. The van der Waals surface area contributed by atoms with Crippen LogP contribution in [0.15, 0.2) is 18.2 Å². The normalized spacial score (nSPS) is 12.3. The van der Waals surface area contributed by atoms with E-state index in [0.29, 0.717) is 6.07 Å². The first-order valence-corrected chi connectivity index (χ1v) is 5.31. The lowest BCUT2D eigenvalue weighted by atomic mass is 10.0. The highest BCUT2D eigenvalue weighted by Gasteiger charge is 2.25. The van der Waals surface area contributed by atoms with E-state index >= 15 is 0 Å². The van der Waals surface area contributed by atoms with Crippen LogP contribution in [0.3, 0.4) is 0 Å². The van der Waals surface area contributed by atoms with Crippen molar-refractivity contribution in [1.29, 1.82) is 0 Å². The minimum Gasteiger partial charge on any atom is -0.480 e. The third-order valence-corrected chi connectivity index (χ3v) is 2.40. The number of aliphatic carboxylic acids is 1. The molecule has 0 aliphatic heterocycles. The fraction of sp³-hybridized carbons (Fsp3) is 0.333. The molecule has 0 aliphatic carbocycles. The molecule has 0 heterocycles. The zero-order valence-electron chi connectivity index (χ0n) is 9.91. The maximum Gasteiger partial charge on any atom is 0.326 e. The molecule has 1 aromatic rings. The number of carboxylic acid groups (broad SMARTS) is 1. The van der Waals surface area contributed by atoms with Crippen molar-refractivity contribution >= 4 is 11.9 Å². The summed E-state index contributed by atoms with van der Waals surface area (Å²) in [4.78, 5) is 22.5. The average Bonchev–Trinajstić information content (AvgIpc) is 2.24. The van der Waals surface area contributed by atoms with Crippen molar-refractivity contribution in [3.8, 4) is 0 Å². The first-order valence-electron chi connectivity index (χ1n) is 5.31. The number of rotatable bonds is 4. The highest BCUT2D eigenvalue weighted by molar-refractivity contribution is 5.96. The van der Waals surface area contributed by atoms with Gasteiger partial charge in [0.25, 0.3) is 5.91 Å². The molecule has 1 amide bonds. The Kier molecular flexibility index (Phi) is 4.36. The van der Waals surface area contributed by atoms with Crippen LogP contribution in [0.1, 0.15) is 24.2 Å². The molecule has 0 fully saturated rings. The van der Waals surface area contributed by atoms with Crippen molar-refractivity contribution in [3.05, 3.63) is 35.4 Å². The van der Waals surface area contributed by atoms with E-state index in [1.54, 1.807) is 13.8 Å². The Morgan fingerprint density at radius 1 is 1.28 bits per heavy atom. The zero-order valence-corrected chi connectivity index (χ0v) is 9.91. The summed E-state index contributed by atoms with van der Waals surface area (Å²) in [7, 11) is 0. The fourth-order valence-electron chi connectivity index (χ4n) is 1.41. The van der Waals surface area contributed by atoms with Gasteiger partial charge in [0.1, 0.15) is 17.7 Å². The van der Waals surface area contributed by atoms with E-state index in [0.717, 1.165) is 12.1 Å². The van der Waals surface area contributed by atoms with Crippen LogP contribution in [0.25, 0.3) is 0 Å². The lowest BCUT2D eigenvalue weighted by Crippen LogP contribution is -2.44. The van der Waals surface area contributed by atoms with Gasteiger partial charge in [-0.3, -0.25) is 4.79 Å². The molecule has 1 aromatic carbocycles. The summed E-state index contributed by atoms with van der Waals surface area (Å²) >= 11 is 0. The Morgan fingerprint density at radius 2 is 1.89 bits per heavy atom. The fourth-order valence-corrected chi connectivity index (χ4v) is 1.41. The Bertz CT molecular complexity index is 474. The standard InChI is InChI=1S/C12H13F2NO3/c1-6(2)10(12(17)18)15-11(16)8-4-3-7(13)5-9(8)14/h3-6,10H,1-2H3,(H,15,16)(H,17,18)/t10-/m0/s1. The Labute approximate surface area is 103 Å². The van der Waals surface area contributed by atoms with Gasteiger partial charge in [0.05, 0.1) is 5.56 Å². The number of hydrogen-bond donors (Lipinski definition) is 2. The molecule has 0 radical (unpaired) electrons. The summed E-state index contributed by atoms with van der Waals surface area (Å²) in [5, 5.41) is 11.1. The minimum atomic E-state index is -1.21. The highest BCUT2D eigenvalue weighted by atomic mass is 19.1. The summed E-state index contributed by atoms with van der Waals surface area (Å²) in [6.45, 7) is 3.22. The summed E-state index contributed by atoms with van der Waals surface area (Å²) < 4.78 is 26.0. The van der Waals surface area contributed by atoms with Crippen LogP contribution in [0, 0.1) is 17.6 Å². The van der Waals surface area contributed by atoms with Crippen molar-refractivity contribution in [3.63, 3.8) is 0 Å². The maximum absolute atomic E-state index is 13.3. The second kappa shape index (κ2) is 5.57. The molecule has 0 saturated carbocycles. The SMILES string of the molecule is CC(C)[C@H](NC(=O)c1ccc(F)cc1F)C(=O)O. The largest absolute Gasteiger partial charge is 0.480 e. The molecule has 98 valence electrons. The van der Waals surface area contributed by atoms with Crippen LogP contribution in [-0.4, -0.2) is 23.0 Å². The topological polar surface area (TPSA) is 66.4 Å². The van der Waals surface area contributed by atoms with Gasteiger partial charge in [-0.05, 0) is 18.1 Å². The van der Waals surface area contributed by atoms with E-state index in [2.05, 4.69) is 5.32 Å². The molecule has 0 aromatic heterocycles. The third kappa shape index (κ3) is 3.26. The Hall–Kier alpha value is -1.98. The van der Waals surface area contributed by atoms with E-state index in [9.17, 15) is 18.4 Å². The second-order valence-electron chi connectivity index (χ2n) is 4.16. The minimum absolute atomic E-state index is 0.352. The Morgan fingerprint density at radius 3 is 2.33 bits per heavy atom. The van der Waals surface area contributed by atoms with E-state index in [1.165, 1.54) is 0 Å². The van der Waals surface area contributed by atoms with Gasteiger partial charge >= 0.3 is 5.97 Å². The van der Waals surface area contributed by atoms with Gasteiger partial charge in [0.15, 0.2) is 0 Å². The van der Waals surface area contributed by atoms with E-state index in [4.69, 9.17) is 5.11 Å². The summed E-state index contributed by atoms with van der Waals surface area (Å²) in [6.07, 6.45) is 0. The number of halogens is 2. The van der Waals surface area contributed by atoms with Crippen molar-refractivity contribution in [1.82, 2.24) is 5.32 Å². The van der Waals surface area contributed by atoms with Crippen molar-refractivity contribution in [2.45, 2.75) is 19.9 Å². The molecule has 0 aliphatic rings. The molecule has 1 atom stereocenters. The predicted molar refractivity (Wildman–Crippen MR) is 60.1 cm³/mol. The van der Waals surface area contributed by atoms with Crippen molar-refractivity contribution < 1.29 is 23.5 Å². The van der Waals surface area contributed by atoms with Crippen LogP contribution in [0.5, 0.6) is 0 Å². The third-order valence-electron chi connectivity index (χ3n) is 2.40. The van der Waals surface area contributed by atoms with E-state index < -0.39 is 29.6 Å². The average molecular weight is 257 g/mol. The summed E-state index contributed by atoms with van der Waals surface area (Å²) in [6, 6.07) is 1.35. The molecule has 1 rings (SSSR count). The van der Waals surface area contributed by atoms with Crippen molar-refractivity contribution in [2.24, 2.45) is 5.92 Å². The van der Waals surface area contributed by atoms with Gasteiger partial charge in [0.2, 0.25) is 0 Å². The van der Waals surface area contributed by atoms with Crippen LogP contribution in [-0.2, 0) is 4.79 Å². The lowest BCUT2D eigenvalue weighted by Gasteiger charge is -2.18. The molecule has 0 saturated heterocycles. The Balaban J connectivity index is 2.91. The van der Waals surface area contributed by atoms with Gasteiger partial charge in [0, 0.05) is 6.07 Å². The van der Waals surface area contributed by atoms with Crippen molar-refractivity contribution in [2.75, 3.05) is 0 Å². The number of nitrogens with one attached hydrogen (secondary N) is 1. The number of carbonyl (C=O) groups excluding carboxylic acids is 1. The molecule has 0 spiro atoms. The van der Waals surface area contributed by atoms with Gasteiger partial charge in [-0.1, -0.05) is 13.8 Å². The van der Waals surface area contributed by atoms with Gasteiger partial charge in [-0.15, -0.1) is 0 Å². The van der Waals surface area contributed by atoms with Crippen LogP contribution < -0.4 is 5.32 Å². The van der Waals surface area contributed by atoms with Crippen LogP contribution >= 0.6 is 0 Å². The summed E-state index contributed by atoms with van der Waals surface area (Å²) in [5.74, 6) is -4.27. The molecule has 4 nitrogen and oxygen atoms in total. The number of amides is 1. The van der Waals surface area contributed by atoms with E-state index in [1.807, 2.05) is 0 Å². The maximum atomic E-state index is 13.3. The van der Waals surface area contributed by atoms with E-state index in [-0.39, 0.29) is 11.5 Å². The number of benzene rings is 1. The monoisotopic (exact) mass is 257 g/mol. The molecular weight excluding hydrogens is 244 g/mol. The predicted octanol–water partition coefficient (Wildman–Crippen LogP) is 1.80. The van der Waals surface area contributed by atoms with Crippen LogP contribution in [0.4, 0.5) is 8.78 Å². The second-order valence-corrected chi connectivity index (χ2v) is 4.16.